The van der Waals surface area contributed by atoms with E-state index in [0.717, 1.165) is 48.6 Å². The Labute approximate surface area is 153 Å². The Kier molecular flexibility index (Phi) is 4.69. The number of nitrogens with zero attached hydrogens (tertiary/aromatic N) is 2. The Morgan fingerprint density at radius 2 is 1.88 bits per heavy atom. The summed E-state index contributed by atoms with van der Waals surface area (Å²) in [7, 11) is 0. The van der Waals surface area contributed by atoms with E-state index in [1.807, 2.05) is 53.6 Å². The lowest BCUT2D eigenvalue weighted by Crippen LogP contribution is -2.27. The van der Waals surface area contributed by atoms with Gasteiger partial charge in [-0.05, 0) is 36.6 Å². The molecule has 132 valence electrons. The van der Waals surface area contributed by atoms with Crippen LogP contribution in [0.2, 0.25) is 0 Å². The molecule has 2 N–H and O–H groups in total. The van der Waals surface area contributed by atoms with Crippen LogP contribution in [-0.4, -0.2) is 33.9 Å². The van der Waals surface area contributed by atoms with Crippen molar-refractivity contribution in [2.24, 2.45) is 0 Å². The average molecular weight is 346 g/mol. The van der Waals surface area contributed by atoms with E-state index in [4.69, 9.17) is 0 Å². The van der Waals surface area contributed by atoms with E-state index in [1.165, 1.54) is 0 Å². The summed E-state index contributed by atoms with van der Waals surface area (Å²) in [6.07, 6.45) is 5.76. The Bertz CT molecular complexity index is 855. The number of likely N-dealkylation sites (tertiary alicyclic amines) is 1. The van der Waals surface area contributed by atoms with Crippen molar-refractivity contribution in [3.8, 4) is 0 Å². The van der Waals surface area contributed by atoms with E-state index in [0.29, 0.717) is 0 Å². The van der Waals surface area contributed by atoms with E-state index in [2.05, 4.69) is 27.4 Å². The smallest absolute Gasteiger partial charge is 0.253 e. The molecule has 1 saturated heterocycles. The third-order valence-electron chi connectivity index (χ3n) is 4.74. The summed E-state index contributed by atoms with van der Waals surface area (Å²) in [4.78, 5) is 22.2. The number of benzene rings is 2. The van der Waals surface area contributed by atoms with Crippen LogP contribution in [0.5, 0.6) is 0 Å². The van der Waals surface area contributed by atoms with Crippen molar-refractivity contribution in [1.82, 2.24) is 14.9 Å². The lowest BCUT2D eigenvalue weighted by Gasteiger charge is -2.20. The van der Waals surface area contributed by atoms with Crippen molar-refractivity contribution in [1.29, 1.82) is 0 Å². The number of H-pyrrole nitrogens is 1. The maximum absolute atomic E-state index is 12.7. The first kappa shape index (κ1) is 16.4. The molecule has 1 amide bonds. The quantitative estimate of drug-likeness (QED) is 0.738. The second kappa shape index (κ2) is 7.44. The molecule has 2 aromatic carbocycles. The van der Waals surface area contributed by atoms with Crippen molar-refractivity contribution >= 4 is 11.6 Å². The van der Waals surface area contributed by atoms with Crippen molar-refractivity contribution in [3.63, 3.8) is 0 Å². The van der Waals surface area contributed by atoms with Gasteiger partial charge in [-0.2, -0.15) is 0 Å². The highest BCUT2D eigenvalue weighted by molar-refractivity contribution is 5.95. The molecule has 26 heavy (non-hydrogen) atoms. The molecule has 3 aromatic rings. The van der Waals surface area contributed by atoms with Gasteiger partial charge in [-0.3, -0.25) is 4.79 Å². The van der Waals surface area contributed by atoms with Gasteiger partial charge in [-0.1, -0.05) is 36.4 Å². The fourth-order valence-electron chi connectivity index (χ4n) is 3.40. The van der Waals surface area contributed by atoms with Gasteiger partial charge in [0.25, 0.3) is 5.91 Å². The van der Waals surface area contributed by atoms with Gasteiger partial charge in [0.15, 0.2) is 0 Å². The SMILES string of the molecule is O=C(c1cccc(N[C@H](c2ccccc2)c2ncc[nH]2)c1)N1CCCC1. The molecule has 1 aliphatic rings. The van der Waals surface area contributed by atoms with Crippen LogP contribution in [0.4, 0.5) is 5.69 Å². The summed E-state index contributed by atoms with van der Waals surface area (Å²) in [5.74, 6) is 0.952. The minimum absolute atomic E-state index is 0.108. The number of nitrogens with one attached hydrogen (secondary N) is 2. The molecule has 5 heteroatoms. The Balaban J connectivity index is 1.60. The first-order chi connectivity index (χ1) is 12.8. The zero-order chi connectivity index (χ0) is 17.8. The summed E-state index contributed by atoms with van der Waals surface area (Å²) >= 11 is 0. The van der Waals surface area contributed by atoms with Gasteiger partial charge in [0.2, 0.25) is 0 Å². The topological polar surface area (TPSA) is 61.0 Å². The van der Waals surface area contributed by atoms with Gasteiger partial charge in [-0.25, -0.2) is 4.98 Å². The van der Waals surface area contributed by atoms with Crippen LogP contribution in [0.25, 0.3) is 0 Å². The highest BCUT2D eigenvalue weighted by Gasteiger charge is 2.21. The molecule has 1 atom stereocenters. The molecule has 0 aliphatic carbocycles. The van der Waals surface area contributed by atoms with Gasteiger partial charge in [-0.15, -0.1) is 0 Å². The lowest BCUT2D eigenvalue weighted by atomic mass is 10.1. The molecule has 1 aromatic heterocycles. The second-order valence-electron chi connectivity index (χ2n) is 6.54. The molecule has 2 heterocycles. The normalized spacial score (nSPS) is 15.0. The van der Waals surface area contributed by atoms with Gasteiger partial charge in [0.05, 0.1) is 0 Å². The number of anilines is 1. The lowest BCUT2D eigenvalue weighted by molar-refractivity contribution is 0.0793. The van der Waals surface area contributed by atoms with Gasteiger partial charge in [0.1, 0.15) is 11.9 Å². The van der Waals surface area contributed by atoms with Crippen LogP contribution in [0.1, 0.15) is 40.6 Å². The molecule has 0 saturated carbocycles. The minimum atomic E-state index is -0.108. The summed E-state index contributed by atoms with van der Waals surface area (Å²) in [5.41, 5.74) is 2.74. The number of aromatic nitrogens is 2. The molecule has 0 spiro atoms. The molecule has 4 rings (SSSR count). The Morgan fingerprint density at radius 3 is 2.62 bits per heavy atom. The van der Waals surface area contributed by atoms with Crippen LogP contribution in [0.15, 0.2) is 67.0 Å². The molecule has 0 radical (unpaired) electrons. The van der Waals surface area contributed by atoms with Crippen LogP contribution in [-0.2, 0) is 0 Å². The highest BCUT2D eigenvalue weighted by atomic mass is 16.2. The number of rotatable bonds is 5. The molecule has 0 bridgehead atoms. The van der Waals surface area contributed by atoms with Crippen LogP contribution < -0.4 is 5.32 Å². The number of amides is 1. The van der Waals surface area contributed by atoms with E-state index in [1.54, 1.807) is 6.20 Å². The fourth-order valence-corrected chi connectivity index (χ4v) is 3.40. The average Bonchev–Trinajstić information content (AvgIpc) is 3.40. The van der Waals surface area contributed by atoms with Crippen molar-refractivity contribution in [3.05, 3.63) is 83.9 Å². The largest absolute Gasteiger partial charge is 0.372 e. The monoisotopic (exact) mass is 346 g/mol. The second-order valence-corrected chi connectivity index (χ2v) is 6.54. The van der Waals surface area contributed by atoms with E-state index >= 15 is 0 Å². The summed E-state index contributed by atoms with van der Waals surface area (Å²) in [6, 6.07) is 17.8. The van der Waals surface area contributed by atoms with Gasteiger partial charge < -0.3 is 15.2 Å². The minimum Gasteiger partial charge on any atom is -0.372 e. The number of aromatic amines is 1. The standard InChI is InChI=1S/C21H22N4O/c26-21(25-13-4-5-14-25)17-9-6-10-18(15-17)24-19(20-22-11-12-23-20)16-7-2-1-3-8-16/h1-3,6-12,15,19,24H,4-5,13-14H2,(H,22,23)/t19-/m1/s1. The molecular weight excluding hydrogens is 324 g/mol. The summed E-state index contributed by atoms with van der Waals surface area (Å²) in [5, 5.41) is 3.52. The summed E-state index contributed by atoms with van der Waals surface area (Å²) < 4.78 is 0. The third kappa shape index (κ3) is 3.47. The van der Waals surface area contributed by atoms with Crippen molar-refractivity contribution < 1.29 is 4.79 Å². The molecule has 5 nitrogen and oxygen atoms in total. The van der Waals surface area contributed by atoms with Crippen molar-refractivity contribution in [2.75, 3.05) is 18.4 Å². The maximum Gasteiger partial charge on any atom is 0.253 e. The number of hydrogen-bond donors (Lipinski definition) is 2. The van der Waals surface area contributed by atoms with Crippen LogP contribution in [0.3, 0.4) is 0 Å². The zero-order valence-electron chi connectivity index (χ0n) is 14.6. The first-order valence-electron chi connectivity index (χ1n) is 9.01. The first-order valence-corrected chi connectivity index (χ1v) is 9.01. The van der Waals surface area contributed by atoms with Gasteiger partial charge in [0, 0.05) is 36.7 Å². The third-order valence-corrected chi connectivity index (χ3v) is 4.74. The Hall–Kier alpha value is -3.08. The fraction of sp³-hybridized carbons (Fsp3) is 0.238. The van der Waals surface area contributed by atoms with Gasteiger partial charge >= 0.3 is 0 Å². The number of carbonyl (C=O) groups is 1. The number of hydrogen-bond acceptors (Lipinski definition) is 3. The Morgan fingerprint density at radius 1 is 1.08 bits per heavy atom. The summed E-state index contributed by atoms with van der Waals surface area (Å²) in [6.45, 7) is 1.71. The van der Waals surface area contributed by atoms with E-state index in [-0.39, 0.29) is 11.9 Å². The zero-order valence-corrected chi connectivity index (χ0v) is 14.6. The van der Waals surface area contributed by atoms with E-state index < -0.39 is 0 Å². The van der Waals surface area contributed by atoms with E-state index in [9.17, 15) is 4.79 Å². The molecule has 0 unspecified atom stereocenters. The van der Waals surface area contributed by atoms with Crippen molar-refractivity contribution in [2.45, 2.75) is 18.9 Å². The number of carbonyl (C=O) groups excluding carboxylic acids is 1. The predicted molar refractivity (Wildman–Crippen MR) is 102 cm³/mol. The molecule has 1 aliphatic heterocycles. The van der Waals surface area contributed by atoms with Crippen LogP contribution in [0, 0.1) is 0 Å². The molecular formula is C21H22N4O. The highest BCUT2D eigenvalue weighted by Crippen LogP contribution is 2.25. The number of imidazole rings is 1. The maximum atomic E-state index is 12.7. The van der Waals surface area contributed by atoms with Crippen LogP contribution >= 0.6 is 0 Å². The molecule has 1 fully saturated rings. The predicted octanol–water partition coefficient (Wildman–Crippen LogP) is 3.85.